The van der Waals surface area contributed by atoms with Gasteiger partial charge in [-0.05, 0) is 35.7 Å². The Morgan fingerprint density at radius 3 is 2.39 bits per heavy atom. The molecule has 1 aromatic carbocycles. The third-order valence-corrected chi connectivity index (χ3v) is 3.71. The van der Waals surface area contributed by atoms with Gasteiger partial charge in [0.15, 0.2) is 0 Å². The lowest BCUT2D eigenvalue weighted by atomic mass is 10.2. The summed E-state index contributed by atoms with van der Waals surface area (Å²) in [6.07, 6.45) is 0.122. The maximum Gasteiger partial charge on any atom is 0.307 e. The molecule has 1 aromatic heterocycles. The zero-order valence-corrected chi connectivity index (χ0v) is 13.3. The van der Waals surface area contributed by atoms with Gasteiger partial charge in [-0.2, -0.15) is 11.3 Å². The van der Waals surface area contributed by atoms with Gasteiger partial charge in [-0.1, -0.05) is 0 Å². The van der Waals surface area contributed by atoms with Gasteiger partial charge in [-0.15, -0.1) is 0 Å². The maximum absolute atomic E-state index is 11.9. The molecule has 0 spiro atoms. The summed E-state index contributed by atoms with van der Waals surface area (Å²) >= 11 is 1.45. The first-order chi connectivity index (χ1) is 11.1. The predicted octanol–water partition coefficient (Wildman–Crippen LogP) is 2.29. The Hall–Kier alpha value is -2.67. The number of benzene rings is 1. The molecule has 7 heteroatoms. The molecule has 0 radical (unpaired) electrons. The lowest BCUT2D eigenvalue weighted by Crippen LogP contribution is -2.26. The monoisotopic (exact) mass is 332 g/mol. The highest BCUT2D eigenvalue weighted by Crippen LogP contribution is 2.13. The fraction of sp³-hybridized carbons (Fsp3) is 0.188. The second kappa shape index (κ2) is 8.09. The number of esters is 1. The van der Waals surface area contributed by atoms with Crippen LogP contribution in [0.25, 0.3) is 0 Å². The predicted molar refractivity (Wildman–Crippen MR) is 87.7 cm³/mol. The minimum atomic E-state index is -0.378. The summed E-state index contributed by atoms with van der Waals surface area (Å²) in [5.74, 6) is -0.858. The highest BCUT2D eigenvalue weighted by atomic mass is 32.1. The zero-order valence-electron chi connectivity index (χ0n) is 12.5. The standard InChI is InChI=1S/C16H16N2O4S/c1-22-14(19)6-8-17-15(20)11-2-4-13(5-3-11)18-16(21)12-7-9-23-10-12/h2-5,7,9-10H,6,8H2,1H3,(H,17,20)(H,18,21). The molecular formula is C16H16N2O4S. The van der Waals surface area contributed by atoms with E-state index in [0.717, 1.165) is 0 Å². The van der Waals surface area contributed by atoms with Gasteiger partial charge in [-0.25, -0.2) is 0 Å². The van der Waals surface area contributed by atoms with Crippen LogP contribution in [0.1, 0.15) is 27.1 Å². The van der Waals surface area contributed by atoms with Crippen molar-refractivity contribution in [1.29, 1.82) is 0 Å². The molecule has 0 saturated carbocycles. The van der Waals surface area contributed by atoms with Crippen LogP contribution in [0.3, 0.4) is 0 Å². The molecule has 0 aliphatic carbocycles. The lowest BCUT2D eigenvalue weighted by Gasteiger charge is -2.07. The summed E-state index contributed by atoms with van der Waals surface area (Å²) in [5.41, 5.74) is 1.65. The van der Waals surface area contributed by atoms with Crippen LogP contribution >= 0.6 is 11.3 Å². The Kier molecular flexibility index (Phi) is 5.87. The second-order valence-electron chi connectivity index (χ2n) is 4.63. The molecule has 2 rings (SSSR count). The van der Waals surface area contributed by atoms with Crippen molar-refractivity contribution in [2.24, 2.45) is 0 Å². The number of carbonyl (C=O) groups excluding carboxylic acids is 3. The molecule has 0 aliphatic heterocycles. The van der Waals surface area contributed by atoms with Gasteiger partial charge in [0.1, 0.15) is 0 Å². The van der Waals surface area contributed by atoms with Crippen LogP contribution in [-0.2, 0) is 9.53 Å². The Morgan fingerprint density at radius 1 is 1.04 bits per heavy atom. The number of thiophene rings is 1. The topological polar surface area (TPSA) is 84.5 Å². The number of hydrogen-bond acceptors (Lipinski definition) is 5. The number of nitrogens with one attached hydrogen (secondary N) is 2. The number of rotatable bonds is 6. The van der Waals surface area contributed by atoms with E-state index in [2.05, 4.69) is 15.4 Å². The third kappa shape index (κ3) is 4.93. The Labute approximate surface area is 137 Å². The number of hydrogen-bond donors (Lipinski definition) is 2. The molecule has 6 nitrogen and oxygen atoms in total. The van der Waals surface area contributed by atoms with E-state index in [1.165, 1.54) is 18.4 Å². The van der Waals surface area contributed by atoms with Crippen molar-refractivity contribution in [1.82, 2.24) is 5.32 Å². The number of ether oxygens (including phenoxy) is 1. The van der Waals surface area contributed by atoms with E-state index in [9.17, 15) is 14.4 Å². The first kappa shape index (κ1) is 16.7. The van der Waals surface area contributed by atoms with Crippen molar-refractivity contribution in [3.05, 3.63) is 52.2 Å². The summed E-state index contributed by atoms with van der Waals surface area (Å²) in [7, 11) is 1.30. The first-order valence-corrected chi connectivity index (χ1v) is 7.83. The maximum atomic E-state index is 11.9. The van der Waals surface area contributed by atoms with E-state index in [-0.39, 0.29) is 30.7 Å². The van der Waals surface area contributed by atoms with Crippen LogP contribution in [-0.4, -0.2) is 31.4 Å². The average Bonchev–Trinajstić information content (AvgIpc) is 3.09. The van der Waals surface area contributed by atoms with Crippen LogP contribution < -0.4 is 10.6 Å². The second-order valence-corrected chi connectivity index (χ2v) is 5.41. The summed E-state index contributed by atoms with van der Waals surface area (Å²) in [5, 5.41) is 8.96. The van der Waals surface area contributed by atoms with Crippen molar-refractivity contribution in [2.45, 2.75) is 6.42 Å². The molecular weight excluding hydrogens is 316 g/mol. The number of amides is 2. The van der Waals surface area contributed by atoms with Crippen molar-refractivity contribution in [2.75, 3.05) is 19.0 Å². The van der Waals surface area contributed by atoms with E-state index in [4.69, 9.17) is 0 Å². The quantitative estimate of drug-likeness (QED) is 0.795. The van der Waals surface area contributed by atoms with Gasteiger partial charge in [0.2, 0.25) is 0 Å². The molecule has 0 saturated heterocycles. The van der Waals surface area contributed by atoms with Gasteiger partial charge in [0, 0.05) is 23.2 Å². The molecule has 23 heavy (non-hydrogen) atoms. The lowest BCUT2D eigenvalue weighted by molar-refractivity contribution is -0.140. The average molecular weight is 332 g/mol. The van der Waals surface area contributed by atoms with Crippen molar-refractivity contribution < 1.29 is 19.1 Å². The van der Waals surface area contributed by atoms with Crippen LogP contribution in [0, 0.1) is 0 Å². The van der Waals surface area contributed by atoms with Gasteiger partial charge in [0.25, 0.3) is 11.8 Å². The van der Waals surface area contributed by atoms with E-state index in [0.29, 0.717) is 16.8 Å². The minimum Gasteiger partial charge on any atom is -0.469 e. The molecule has 0 unspecified atom stereocenters. The normalized spacial score (nSPS) is 9.96. The van der Waals surface area contributed by atoms with Gasteiger partial charge < -0.3 is 15.4 Å². The van der Waals surface area contributed by atoms with Crippen LogP contribution in [0.4, 0.5) is 5.69 Å². The zero-order chi connectivity index (χ0) is 16.7. The Balaban J connectivity index is 1.87. The fourth-order valence-electron chi connectivity index (χ4n) is 1.78. The molecule has 1 heterocycles. The highest BCUT2D eigenvalue weighted by Gasteiger charge is 2.09. The van der Waals surface area contributed by atoms with Gasteiger partial charge in [-0.3, -0.25) is 14.4 Å². The Bertz CT molecular complexity index is 681. The summed E-state index contributed by atoms with van der Waals surface area (Å²) in [6.45, 7) is 0.210. The van der Waals surface area contributed by atoms with Crippen LogP contribution in [0.5, 0.6) is 0 Å². The van der Waals surface area contributed by atoms with Gasteiger partial charge in [0.05, 0.1) is 19.1 Å². The smallest absolute Gasteiger partial charge is 0.307 e. The van der Waals surface area contributed by atoms with E-state index >= 15 is 0 Å². The molecule has 0 bridgehead atoms. The highest BCUT2D eigenvalue weighted by molar-refractivity contribution is 7.08. The van der Waals surface area contributed by atoms with E-state index < -0.39 is 0 Å². The fourth-order valence-corrected chi connectivity index (χ4v) is 2.42. The first-order valence-electron chi connectivity index (χ1n) is 6.89. The molecule has 2 aromatic rings. The van der Waals surface area contributed by atoms with Gasteiger partial charge >= 0.3 is 5.97 Å². The molecule has 0 aliphatic rings. The Morgan fingerprint density at radius 2 is 1.78 bits per heavy atom. The van der Waals surface area contributed by atoms with E-state index in [1.54, 1.807) is 35.7 Å². The molecule has 0 fully saturated rings. The number of carbonyl (C=O) groups is 3. The van der Waals surface area contributed by atoms with E-state index in [1.807, 2.05) is 5.38 Å². The van der Waals surface area contributed by atoms with Crippen molar-refractivity contribution in [3.63, 3.8) is 0 Å². The summed E-state index contributed by atoms with van der Waals surface area (Å²) < 4.78 is 4.49. The SMILES string of the molecule is COC(=O)CCNC(=O)c1ccc(NC(=O)c2ccsc2)cc1. The van der Waals surface area contributed by atoms with Crippen molar-refractivity contribution in [3.8, 4) is 0 Å². The summed E-state index contributed by atoms with van der Waals surface area (Å²) in [6, 6.07) is 8.26. The largest absolute Gasteiger partial charge is 0.469 e. The minimum absolute atomic E-state index is 0.122. The van der Waals surface area contributed by atoms with Crippen molar-refractivity contribution >= 4 is 34.8 Å². The molecule has 120 valence electrons. The van der Waals surface area contributed by atoms with Crippen LogP contribution in [0.2, 0.25) is 0 Å². The number of methoxy groups -OCH3 is 1. The third-order valence-electron chi connectivity index (χ3n) is 3.03. The molecule has 2 amide bonds. The number of anilines is 1. The molecule has 2 N–H and O–H groups in total. The molecule has 0 atom stereocenters. The van der Waals surface area contributed by atoms with Crippen LogP contribution in [0.15, 0.2) is 41.1 Å². The summed E-state index contributed by atoms with van der Waals surface area (Å²) in [4.78, 5) is 34.7.